The summed E-state index contributed by atoms with van der Waals surface area (Å²) < 4.78 is 0. The molecule has 1 unspecified atom stereocenters. The number of rotatable bonds is 3. The number of halogens is 2. The predicted molar refractivity (Wildman–Crippen MR) is 114 cm³/mol. The SMILES string of the molecule is CCC1CCc2nc3sc(C(=O)Nc4ccc(Cl)cc4Cl)c(N)c3cc2C1. The van der Waals surface area contributed by atoms with Crippen LogP contribution >= 0.6 is 34.5 Å². The van der Waals surface area contributed by atoms with Crippen LogP contribution in [0.1, 0.15) is 40.7 Å². The molecule has 27 heavy (non-hydrogen) atoms. The first kappa shape index (κ1) is 18.5. The average Bonchev–Trinajstić information content (AvgIpc) is 2.97. The molecule has 4 rings (SSSR count). The van der Waals surface area contributed by atoms with Gasteiger partial charge in [-0.15, -0.1) is 11.3 Å². The van der Waals surface area contributed by atoms with Crippen LogP contribution in [0, 0.1) is 5.92 Å². The lowest BCUT2D eigenvalue weighted by molar-refractivity contribution is 0.103. The topological polar surface area (TPSA) is 68.0 Å². The van der Waals surface area contributed by atoms with Crippen LogP contribution in [0.3, 0.4) is 0 Å². The summed E-state index contributed by atoms with van der Waals surface area (Å²) in [5, 5.41) is 4.58. The molecule has 1 aliphatic rings. The van der Waals surface area contributed by atoms with Gasteiger partial charge in [-0.2, -0.15) is 0 Å². The quantitative estimate of drug-likeness (QED) is 0.550. The highest BCUT2D eigenvalue weighted by Crippen LogP contribution is 2.37. The molecular weight excluding hydrogens is 401 g/mol. The van der Waals surface area contributed by atoms with Gasteiger partial charge in [-0.3, -0.25) is 4.79 Å². The molecule has 4 nitrogen and oxygen atoms in total. The summed E-state index contributed by atoms with van der Waals surface area (Å²) in [5.74, 6) is 0.413. The van der Waals surface area contributed by atoms with Crippen LogP contribution in [0.15, 0.2) is 24.3 Å². The molecule has 0 fully saturated rings. The van der Waals surface area contributed by atoms with E-state index in [4.69, 9.17) is 33.9 Å². The summed E-state index contributed by atoms with van der Waals surface area (Å²) in [7, 11) is 0. The number of nitrogens with two attached hydrogens (primary N) is 1. The zero-order chi connectivity index (χ0) is 19.1. The Hall–Kier alpha value is -1.82. The summed E-state index contributed by atoms with van der Waals surface area (Å²) in [4.78, 5) is 18.8. The van der Waals surface area contributed by atoms with E-state index in [1.807, 2.05) is 0 Å². The minimum Gasteiger partial charge on any atom is -0.397 e. The lowest BCUT2D eigenvalue weighted by Crippen LogP contribution is -2.14. The first-order chi connectivity index (χ1) is 13.0. The predicted octanol–water partition coefficient (Wildman–Crippen LogP) is 5.95. The first-order valence-corrected chi connectivity index (χ1v) is 10.5. The number of nitrogen functional groups attached to an aromatic ring is 1. The standard InChI is InChI=1S/C20H19Cl2N3OS/c1-2-10-3-5-15-11(7-10)8-13-17(23)18(27-20(13)25-15)19(26)24-16-6-4-12(21)9-14(16)22/h4,6,8-10H,2-3,5,7,23H2,1H3,(H,24,26). The van der Waals surface area contributed by atoms with E-state index in [0.29, 0.717) is 32.2 Å². The van der Waals surface area contributed by atoms with Crippen LogP contribution in [0.2, 0.25) is 10.0 Å². The summed E-state index contributed by atoms with van der Waals surface area (Å²) in [6, 6.07) is 7.06. The Morgan fingerprint density at radius 3 is 2.93 bits per heavy atom. The van der Waals surface area contributed by atoms with Crippen molar-refractivity contribution in [3.63, 3.8) is 0 Å². The normalized spacial score (nSPS) is 16.3. The molecular formula is C20H19Cl2N3OS. The molecule has 0 bridgehead atoms. The number of aromatic nitrogens is 1. The molecule has 1 amide bonds. The molecule has 3 N–H and O–H groups in total. The van der Waals surface area contributed by atoms with Gasteiger partial charge in [-0.1, -0.05) is 36.5 Å². The summed E-state index contributed by atoms with van der Waals surface area (Å²) >= 11 is 13.4. The van der Waals surface area contributed by atoms with Crippen molar-refractivity contribution in [2.24, 2.45) is 5.92 Å². The third kappa shape index (κ3) is 3.51. The van der Waals surface area contributed by atoms with E-state index >= 15 is 0 Å². The fraction of sp³-hybridized carbons (Fsp3) is 0.300. The van der Waals surface area contributed by atoms with E-state index in [9.17, 15) is 4.79 Å². The Labute approximate surface area is 171 Å². The Morgan fingerprint density at radius 1 is 1.37 bits per heavy atom. The number of fused-ring (bicyclic) bond motifs is 2. The van der Waals surface area contributed by atoms with Crippen molar-refractivity contribution >= 4 is 62.0 Å². The minimum absolute atomic E-state index is 0.288. The van der Waals surface area contributed by atoms with Crippen molar-refractivity contribution in [3.8, 4) is 0 Å². The Morgan fingerprint density at radius 2 is 2.19 bits per heavy atom. The van der Waals surface area contributed by atoms with Crippen LogP contribution in [-0.2, 0) is 12.8 Å². The van der Waals surface area contributed by atoms with E-state index in [-0.39, 0.29) is 5.91 Å². The zero-order valence-electron chi connectivity index (χ0n) is 14.8. The van der Waals surface area contributed by atoms with Gasteiger partial charge in [-0.05, 0) is 55.0 Å². The lowest BCUT2D eigenvalue weighted by Gasteiger charge is -2.22. The number of hydrogen-bond donors (Lipinski definition) is 2. The van der Waals surface area contributed by atoms with Gasteiger partial charge in [0.25, 0.3) is 5.91 Å². The summed E-state index contributed by atoms with van der Waals surface area (Å²) in [5.41, 5.74) is 9.69. The average molecular weight is 420 g/mol. The number of thiophene rings is 1. The molecule has 140 valence electrons. The van der Waals surface area contributed by atoms with Crippen LogP contribution in [0.25, 0.3) is 10.2 Å². The molecule has 0 radical (unpaired) electrons. The van der Waals surface area contributed by atoms with Crippen LogP contribution in [0.5, 0.6) is 0 Å². The number of nitrogens with zero attached hydrogens (tertiary/aromatic N) is 1. The van der Waals surface area contributed by atoms with Crippen molar-refractivity contribution in [1.82, 2.24) is 4.98 Å². The monoisotopic (exact) mass is 419 g/mol. The van der Waals surface area contributed by atoms with E-state index in [1.165, 1.54) is 29.7 Å². The highest BCUT2D eigenvalue weighted by molar-refractivity contribution is 7.21. The molecule has 0 saturated heterocycles. The number of nitrogens with one attached hydrogen (secondary N) is 1. The second-order valence-electron chi connectivity index (χ2n) is 6.89. The molecule has 1 aromatic carbocycles. The number of amides is 1. The minimum atomic E-state index is -0.288. The van der Waals surface area contributed by atoms with Gasteiger partial charge in [-0.25, -0.2) is 4.98 Å². The molecule has 1 atom stereocenters. The van der Waals surface area contributed by atoms with Crippen molar-refractivity contribution in [1.29, 1.82) is 0 Å². The maximum atomic E-state index is 12.8. The van der Waals surface area contributed by atoms with Crippen molar-refractivity contribution in [2.45, 2.75) is 32.6 Å². The van der Waals surface area contributed by atoms with Gasteiger partial charge in [0, 0.05) is 16.1 Å². The number of anilines is 2. The number of carbonyl (C=O) groups excluding carboxylic acids is 1. The molecule has 1 aliphatic carbocycles. The Bertz CT molecular complexity index is 1050. The molecule has 0 saturated carbocycles. The number of benzene rings is 1. The number of carbonyl (C=O) groups is 1. The zero-order valence-corrected chi connectivity index (χ0v) is 17.1. The largest absolute Gasteiger partial charge is 0.397 e. The van der Waals surface area contributed by atoms with Crippen LogP contribution < -0.4 is 11.1 Å². The second-order valence-corrected chi connectivity index (χ2v) is 8.73. The fourth-order valence-corrected chi connectivity index (χ4v) is 5.00. The van der Waals surface area contributed by atoms with Crippen molar-refractivity contribution in [3.05, 3.63) is 50.4 Å². The Kier molecular flexibility index (Phi) is 5.01. The molecule has 2 aromatic heterocycles. The van der Waals surface area contributed by atoms with Gasteiger partial charge in [0.1, 0.15) is 9.71 Å². The van der Waals surface area contributed by atoms with Gasteiger partial charge < -0.3 is 11.1 Å². The van der Waals surface area contributed by atoms with E-state index in [2.05, 4.69) is 18.3 Å². The third-order valence-electron chi connectivity index (χ3n) is 5.15. The summed E-state index contributed by atoms with van der Waals surface area (Å²) in [6.45, 7) is 2.23. The van der Waals surface area contributed by atoms with Crippen LogP contribution in [-0.4, -0.2) is 10.9 Å². The molecule has 3 aromatic rings. The van der Waals surface area contributed by atoms with Crippen LogP contribution in [0.4, 0.5) is 11.4 Å². The van der Waals surface area contributed by atoms with E-state index in [1.54, 1.807) is 18.2 Å². The second kappa shape index (κ2) is 7.30. The Balaban J connectivity index is 1.68. The highest BCUT2D eigenvalue weighted by Gasteiger charge is 2.23. The smallest absolute Gasteiger partial charge is 0.267 e. The third-order valence-corrected chi connectivity index (χ3v) is 6.81. The number of aryl methyl sites for hydroxylation is 1. The van der Waals surface area contributed by atoms with Crippen molar-refractivity contribution < 1.29 is 4.79 Å². The van der Waals surface area contributed by atoms with Gasteiger partial charge in [0.05, 0.1) is 16.4 Å². The summed E-state index contributed by atoms with van der Waals surface area (Å²) in [6.07, 6.45) is 4.37. The van der Waals surface area contributed by atoms with Crippen molar-refractivity contribution in [2.75, 3.05) is 11.1 Å². The van der Waals surface area contributed by atoms with E-state index in [0.717, 1.165) is 28.8 Å². The lowest BCUT2D eigenvalue weighted by atomic mass is 9.85. The number of hydrogen-bond acceptors (Lipinski definition) is 4. The molecule has 7 heteroatoms. The molecule has 0 aliphatic heterocycles. The van der Waals surface area contributed by atoms with Gasteiger partial charge in [0.15, 0.2) is 0 Å². The molecule has 2 heterocycles. The maximum absolute atomic E-state index is 12.8. The number of pyridine rings is 1. The van der Waals surface area contributed by atoms with E-state index < -0.39 is 0 Å². The first-order valence-electron chi connectivity index (χ1n) is 8.93. The fourth-order valence-electron chi connectivity index (χ4n) is 3.55. The maximum Gasteiger partial charge on any atom is 0.267 e. The highest BCUT2D eigenvalue weighted by atomic mass is 35.5. The van der Waals surface area contributed by atoms with Gasteiger partial charge >= 0.3 is 0 Å². The van der Waals surface area contributed by atoms with Gasteiger partial charge in [0.2, 0.25) is 0 Å². The molecule has 0 spiro atoms.